The fraction of sp³-hybridized carbons (Fsp3) is 0.318. The minimum absolute atomic E-state index is 0.0302. The van der Waals surface area contributed by atoms with Crippen molar-refractivity contribution in [3.63, 3.8) is 0 Å². The third kappa shape index (κ3) is 4.40. The van der Waals surface area contributed by atoms with Gasteiger partial charge in [-0.25, -0.2) is 8.78 Å². The quantitative estimate of drug-likeness (QED) is 0.313. The maximum absolute atomic E-state index is 13.9. The van der Waals surface area contributed by atoms with Crippen LogP contribution < -0.4 is 0 Å². The summed E-state index contributed by atoms with van der Waals surface area (Å²) in [7, 11) is 0. The Morgan fingerprint density at radius 3 is 2.50 bits per heavy atom. The van der Waals surface area contributed by atoms with Crippen LogP contribution in [-0.4, -0.2) is 38.9 Å². The largest absolute Gasteiger partial charge is 0.419 e. The lowest BCUT2D eigenvalue weighted by Gasteiger charge is -2.34. The van der Waals surface area contributed by atoms with Crippen LogP contribution in [0, 0.1) is 27.7 Å². The number of Topliss-reactive ketones (excluding diaryl/α,β-unsaturated/α-hetero) is 1. The molecule has 1 atom stereocenters. The summed E-state index contributed by atoms with van der Waals surface area (Å²) in [5, 5.41) is 18.9. The van der Waals surface area contributed by atoms with Crippen molar-refractivity contribution in [2.45, 2.75) is 25.8 Å². The van der Waals surface area contributed by atoms with Crippen LogP contribution in [0.4, 0.5) is 14.5 Å². The Bertz CT molecular complexity index is 1140. The fourth-order valence-electron chi connectivity index (χ4n) is 3.86. The van der Waals surface area contributed by atoms with Gasteiger partial charge in [0.05, 0.1) is 16.5 Å². The maximum Gasteiger partial charge on any atom is 0.269 e. The van der Waals surface area contributed by atoms with Crippen LogP contribution in [0.2, 0.25) is 0 Å². The third-order valence-corrected chi connectivity index (χ3v) is 5.77. The van der Waals surface area contributed by atoms with E-state index in [4.69, 9.17) is 4.42 Å². The number of nitro groups is 1. The number of non-ortho nitro benzene ring substituents is 1. The molecule has 0 amide bonds. The van der Waals surface area contributed by atoms with E-state index in [1.807, 2.05) is 6.92 Å². The Labute approximate surface area is 182 Å². The first kappa shape index (κ1) is 21.7. The van der Waals surface area contributed by atoms with Gasteiger partial charge in [0.15, 0.2) is 5.78 Å². The molecule has 32 heavy (non-hydrogen) atoms. The first-order chi connectivity index (χ1) is 15.3. The molecule has 0 bridgehead atoms. The lowest BCUT2D eigenvalue weighted by Crippen LogP contribution is -2.38. The van der Waals surface area contributed by atoms with Gasteiger partial charge in [0.1, 0.15) is 11.6 Å². The number of nitro benzene ring substituents is 1. The first-order valence-corrected chi connectivity index (χ1v) is 10.1. The van der Waals surface area contributed by atoms with Gasteiger partial charge in [-0.1, -0.05) is 0 Å². The van der Waals surface area contributed by atoms with E-state index in [2.05, 4.69) is 15.1 Å². The lowest BCUT2D eigenvalue weighted by atomic mass is 9.88. The zero-order valence-electron chi connectivity index (χ0n) is 17.2. The van der Waals surface area contributed by atoms with Gasteiger partial charge in [0, 0.05) is 23.6 Å². The van der Waals surface area contributed by atoms with Crippen LogP contribution in [0.5, 0.6) is 0 Å². The van der Waals surface area contributed by atoms with Crippen LogP contribution in [0.3, 0.4) is 0 Å². The molecule has 0 spiro atoms. The van der Waals surface area contributed by atoms with Crippen LogP contribution in [0.1, 0.15) is 42.1 Å². The Morgan fingerprint density at radius 1 is 1.16 bits per heavy atom. The Morgan fingerprint density at radius 2 is 1.84 bits per heavy atom. The summed E-state index contributed by atoms with van der Waals surface area (Å²) in [5.41, 5.74) is 0.335. The minimum Gasteiger partial charge on any atom is -0.419 e. The maximum atomic E-state index is 13.9. The van der Waals surface area contributed by atoms with E-state index in [9.17, 15) is 23.7 Å². The minimum atomic E-state index is -0.711. The van der Waals surface area contributed by atoms with Gasteiger partial charge in [0.25, 0.3) is 5.69 Å². The number of likely N-dealkylation sites (tertiary alicyclic amines) is 1. The lowest BCUT2D eigenvalue weighted by molar-refractivity contribution is -0.384. The van der Waals surface area contributed by atoms with Crippen molar-refractivity contribution >= 4 is 11.5 Å². The molecule has 0 N–H and O–H groups in total. The molecule has 1 aliphatic rings. The predicted molar refractivity (Wildman–Crippen MR) is 110 cm³/mol. The second-order valence-electron chi connectivity index (χ2n) is 7.72. The summed E-state index contributed by atoms with van der Waals surface area (Å²) in [6.45, 7) is 3.02. The number of hydrogen-bond acceptors (Lipinski definition) is 7. The molecule has 1 aliphatic heterocycles. The van der Waals surface area contributed by atoms with Gasteiger partial charge in [-0.3, -0.25) is 19.8 Å². The molecule has 1 saturated heterocycles. The summed E-state index contributed by atoms with van der Waals surface area (Å²) in [6.07, 6.45) is 1.00. The molecule has 0 saturated carbocycles. The van der Waals surface area contributed by atoms with E-state index in [0.717, 1.165) is 18.2 Å². The van der Waals surface area contributed by atoms with Gasteiger partial charge in [0.2, 0.25) is 11.8 Å². The van der Waals surface area contributed by atoms with Gasteiger partial charge in [-0.15, -0.1) is 10.2 Å². The number of nitrogens with zero attached hydrogens (tertiary/aromatic N) is 4. The number of halogens is 2. The van der Waals surface area contributed by atoms with Crippen molar-refractivity contribution < 1.29 is 22.9 Å². The average molecular weight is 442 g/mol. The van der Waals surface area contributed by atoms with Crippen LogP contribution in [-0.2, 0) is 0 Å². The Balaban J connectivity index is 1.39. The Hall–Kier alpha value is -3.53. The van der Waals surface area contributed by atoms with E-state index in [-0.39, 0.29) is 34.9 Å². The highest BCUT2D eigenvalue weighted by atomic mass is 19.1. The van der Waals surface area contributed by atoms with Crippen LogP contribution in [0.15, 0.2) is 46.9 Å². The average Bonchev–Trinajstić information content (AvgIpc) is 3.30. The molecule has 4 rings (SSSR count). The smallest absolute Gasteiger partial charge is 0.269 e. The summed E-state index contributed by atoms with van der Waals surface area (Å²) < 4.78 is 33.1. The van der Waals surface area contributed by atoms with Crippen molar-refractivity contribution in [2.24, 2.45) is 5.92 Å². The zero-order chi connectivity index (χ0) is 22.8. The van der Waals surface area contributed by atoms with Crippen molar-refractivity contribution in [3.8, 4) is 11.5 Å². The normalized spacial score (nSPS) is 16.1. The molecule has 1 unspecified atom stereocenters. The van der Waals surface area contributed by atoms with Crippen LogP contribution in [0.25, 0.3) is 11.5 Å². The molecule has 2 aromatic carbocycles. The number of hydrogen-bond donors (Lipinski definition) is 0. The number of aromatic nitrogens is 2. The standard InChI is InChI=1S/C22H20F2N4O4/c1-13(21-25-26-22(32-21)15-2-5-17(6-3-15)28(30)31)27-10-8-14(9-11-27)20(29)18-12-16(23)4-7-19(18)24/h2-7,12-14H,8-11H2,1H3. The van der Waals surface area contributed by atoms with Gasteiger partial charge >= 0.3 is 0 Å². The predicted octanol–water partition coefficient (Wildman–Crippen LogP) is 4.58. The zero-order valence-corrected chi connectivity index (χ0v) is 17.2. The summed E-state index contributed by atoms with van der Waals surface area (Å²) >= 11 is 0. The number of rotatable bonds is 6. The summed E-state index contributed by atoms with van der Waals surface area (Å²) in [4.78, 5) is 25.0. The highest BCUT2D eigenvalue weighted by molar-refractivity contribution is 5.98. The summed E-state index contributed by atoms with van der Waals surface area (Å²) in [5.74, 6) is -1.47. The van der Waals surface area contributed by atoms with E-state index in [0.29, 0.717) is 37.4 Å². The highest BCUT2D eigenvalue weighted by Gasteiger charge is 2.31. The number of ketones is 1. The molecule has 166 valence electrons. The number of benzene rings is 2. The highest BCUT2D eigenvalue weighted by Crippen LogP contribution is 2.30. The summed E-state index contributed by atoms with van der Waals surface area (Å²) in [6, 6.07) is 8.52. The van der Waals surface area contributed by atoms with Gasteiger partial charge in [-0.05, 0) is 63.2 Å². The van der Waals surface area contributed by atoms with E-state index < -0.39 is 16.6 Å². The molecule has 0 aliphatic carbocycles. The van der Waals surface area contributed by atoms with Gasteiger partial charge in [-0.2, -0.15) is 0 Å². The molecule has 1 fully saturated rings. The van der Waals surface area contributed by atoms with E-state index >= 15 is 0 Å². The van der Waals surface area contributed by atoms with E-state index in [1.165, 1.54) is 12.1 Å². The van der Waals surface area contributed by atoms with Crippen molar-refractivity contribution in [1.82, 2.24) is 15.1 Å². The van der Waals surface area contributed by atoms with Gasteiger partial charge < -0.3 is 4.42 Å². The number of piperidine rings is 1. The van der Waals surface area contributed by atoms with Crippen molar-refractivity contribution in [1.29, 1.82) is 0 Å². The first-order valence-electron chi connectivity index (χ1n) is 10.1. The molecular weight excluding hydrogens is 422 g/mol. The molecule has 3 aromatic rings. The molecular formula is C22H20F2N4O4. The fourth-order valence-corrected chi connectivity index (χ4v) is 3.86. The number of carbonyl (C=O) groups excluding carboxylic acids is 1. The van der Waals surface area contributed by atoms with E-state index in [1.54, 1.807) is 12.1 Å². The number of carbonyl (C=O) groups is 1. The molecule has 2 heterocycles. The molecule has 8 nitrogen and oxygen atoms in total. The molecule has 1 aromatic heterocycles. The SMILES string of the molecule is CC(c1nnc(-c2ccc([N+](=O)[O-])cc2)o1)N1CCC(C(=O)c2cc(F)ccc2F)CC1. The second-order valence-corrected chi connectivity index (χ2v) is 7.72. The van der Waals surface area contributed by atoms with Crippen LogP contribution >= 0.6 is 0 Å². The van der Waals surface area contributed by atoms with Crippen molar-refractivity contribution in [2.75, 3.05) is 13.1 Å². The molecule has 0 radical (unpaired) electrons. The monoisotopic (exact) mass is 442 g/mol. The Kier molecular flexibility index (Phi) is 6.04. The topological polar surface area (TPSA) is 102 Å². The molecule has 10 heteroatoms. The van der Waals surface area contributed by atoms with Crippen molar-refractivity contribution in [3.05, 3.63) is 75.7 Å². The second kappa shape index (κ2) is 8.91. The third-order valence-electron chi connectivity index (χ3n) is 5.77.